The number of carbonyl (C=O) groups excluding carboxylic acids is 1. The van der Waals surface area contributed by atoms with Crippen LogP contribution in [0.5, 0.6) is 11.5 Å². The molecule has 1 heterocycles. The Hall–Kier alpha value is -2.09. The number of thiazole rings is 1. The molecule has 0 fully saturated rings. The topological polar surface area (TPSA) is 48.4 Å². The second kappa shape index (κ2) is 5.72. The molecule has 21 heavy (non-hydrogen) atoms. The normalized spacial score (nSPS) is 11.3. The van der Waals surface area contributed by atoms with Gasteiger partial charge >= 0.3 is 6.18 Å². The van der Waals surface area contributed by atoms with Crippen LogP contribution in [0.15, 0.2) is 18.3 Å². The Morgan fingerprint density at radius 2 is 1.81 bits per heavy atom. The molecular formula is C13H10F3NO3S. The monoisotopic (exact) mass is 317 g/mol. The van der Waals surface area contributed by atoms with Crippen molar-refractivity contribution in [2.24, 2.45) is 0 Å². The van der Waals surface area contributed by atoms with Gasteiger partial charge in [0.05, 0.1) is 19.1 Å². The zero-order valence-corrected chi connectivity index (χ0v) is 11.8. The Balaban J connectivity index is 2.57. The average molecular weight is 317 g/mol. The quantitative estimate of drug-likeness (QED) is 0.808. The number of hydrogen-bond donors (Lipinski definition) is 0. The molecule has 8 heteroatoms. The molecule has 0 aliphatic rings. The number of methoxy groups -OCH3 is 2. The van der Waals surface area contributed by atoms with Gasteiger partial charge in [0.15, 0.2) is 22.8 Å². The van der Waals surface area contributed by atoms with E-state index < -0.39 is 11.2 Å². The minimum atomic E-state index is -4.51. The molecule has 4 nitrogen and oxygen atoms in total. The number of carbonyl (C=O) groups is 1. The van der Waals surface area contributed by atoms with Crippen LogP contribution >= 0.6 is 11.3 Å². The van der Waals surface area contributed by atoms with Gasteiger partial charge in [-0.25, -0.2) is 4.98 Å². The number of hydrogen-bond acceptors (Lipinski definition) is 5. The van der Waals surface area contributed by atoms with Crippen molar-refractivity contribution >= 4 is 17.6 Å². The van der Waals surface area contributed by atoms with E-state index in [1.807, 2.05) is 0 Å². The summed E-state index contributed by atoms with van der Waals surface area (Å²) in [6.07, 6.45) is -2.88. The van der Waals surface area contributed by atoms with Crippen molar-refractivity contribution in [3.8, 4) is 21.9 Å². The summed E-state index contributed by atoms with van der Waals surface area (Å²) in [6, 6.07) is 2.87. The number of aromatic nitrogens is 1. The third-order valence-corrected chi connectivity index (χ3v) is 3.77. The summed E-state index contributed by atoms with van der Waals surface area (Å²) in [5.74, 6) is 0.643. The van der Waals surface area contributed by atoms with E-state index in [-0.39, 0.29) is 10.4 Å². The summed E-state index contributed by atoms with van der Waals surface area (Å²) in [6.45, 7) is 0. The van der Waals surface area contributed by atoms with Gasteiger partial charge in [-0.1, -0.05) is 0 Å². The number of alkyl halides is 3. The molecule has 2 rings (SSSR count). The first-order valence-corrected chi connectivity index (χ1v) is 6.47. The Morgan fingerprint density at radius 3 is 2.29 bits per heavy atom. The fourth-order valence-electron chi connectivity index (χ4n) is 1.74. The van der Waals surface area contributed by atoms with Crippen molar-refractivity contribution < 1.29 is 27.4 Å². The van der Waals surface area contributed by atoms with Crippen LogP contribution in [0.3, 0.4) is 0 Å². The minimum absolute atomic E-state index is 0.199. The lowest BCUT2D eigenvalue weighted by atomic mass is 10.1. The number of rotatable bonds is 4. The molecule has 0 N–H and O–H groups in total. The largest absolute Gasteiger partial charge is 0.493 e. The number of halogens is 3. The predicted molar refractivity (Wildman–Crippen MR) is 71.0 cm³/mol. The summed E-state index contributed by atoms with van der Waals surface area (Å²) < 4.78 is 47.9. The van der Waals surface area contributed by atoms with Gasteiger partial charge in [-0.2, -0.15) is 13.2 Å². The maximum absolute atomic E-state index is 12.6. The summed E-state index contributed by atoms with van der Waals surface area (Å²) in [5, 5.41) is -0.968. The van der Waals surface area contributed by atoms with E-state index in [2.05, 4.69) is 4.98 Å². The summed E-state index contributed by atoms with van der Waals surface area (Å²) >= 11 is 0.464. The molecule has 0 saturated heterocycles. The van der Waals surface area contributed by atoms with Crippen LogP contribution in [0.4, 0.5) is 13.2 Å². The van der Waals surface area contributed by atoms with Gasteiger partial charge in [0.25, 0.3) is 0 Å². The fourth-order valence-corrected chi connectivity index (χ4v) is 2.56. The molecule has 2 aromatic rings. The fraction of sp³-hybridized carbons (Fsp3) is 0.231. The molecule has 0 amide bonds. The SMILES string of the molecule is COc1cc(C=O)c(-c2cnc(C(F)(F)F)s2)cc1OC. The van der Waals surface area contributed by atoms with E-state index in [0.717, 1.165) is 6.20 Å². The maximum atomic E-state index is 12.6. The highest BCUT2D eigenvalue weighted by molar-refractivity contribution is 7.15. The number of ether oxygens (including phenoxy) is 2. The summed E-state index contributed by atoms with van der Waals surface area (Å²) in [7, 11) is 2.80. The van der Waals surface area contributed by atoms with Gasteiger partial charge in [0.1, 0.15) is 0 Å². The molecule has 112 valence electrons. The van der Waals surface area contributed by atoms with E-state index in [0.29, 0.717) is 34.7 Å². The zero-order valence-electron chi connectivity index (χ0n) is 11.0. The second-order valence-electron chi connectivity index (χ2n) is 3.94. The van der Waals surface area contributed by atoms with Crippen molar-refractivity contribution in [3.63, 3.8) is 0 Å². The first-order chi connectivity index (χ1) is 9.90. The molecule has 1 aromatic heterocycles. The van der Waals surface area contributed by atoms with E-state index in [1.54, 1.807) is 0 Å². The molecule has 0 spiro atoms. The van der Waals surface area contributed by atoms with E-state index >= 15 is 0 Å². The third kappa shape index (κ3) is 2.99. The smallest absolute Gasteiger partial charge is 0.443 e. The highest BCUT2D eigenvalue weighted by Gasteiger charge is 2.34. The second-order valence-corrected chi connectivity index (χ2v) is 4.97. The van der Waals surface area contributed by atoms with Gasteiger partial charge in [0, 0.05) is 17.3 Å². The number of benzene rings is 1. The lowest BCUT2D eigenvalue weighted by Crippen LogP contribution is -2.02. The molecule has 0 bridgehead atoms. The molecule has 0 aliphatic carbocycles. The lowest BCUT2D eigenvalue weighted by Gasteiger charge is -2.11. The van der Waals surface area contributed by atoms with Crippen LogP contribution < -0.4 is 9.47 Å². The Kier molecular flexibility index (Phi) is 4.17. The van der Waals surface area contributed by atoms with Crippen molar-refractivity contribution in [1.82, 2.24) is 4.98 Å². The third-order valence-electron chi connectivity index (χ3n) is 2.70. The molecule has 0 radical (unpaired) electrons. The van der Waals surface area contributed by atoms with Crippen LogP contribution in [0, 0.1) is 0 Å². The highest BCUT2D eigenvalue weighted by atomic mass is 32.1. The molecule has 0 saturated carbocycles. The van der Waals surface area contributed by atoms with Crippen molar-refractivity contribution in [1.29, 1.82) is 0 Å². The minimum Gasteiger partial charge on any atom is -0.493 e. The van der Waals surface area contributed by atoms with Crippen LogP contribution in [0.1, 0.15) is 15.4 Å². The van der Waals surface area contributed by atoms with Crippen LogP contribution in [-0.4, -0.2) is 25.5 Å². The van der Waals surface area contributed by atoms with Crippen molar-refractivity contribution in [2.45, 2.75) is 6.18 Å². The van der Waals surface area contributed by atoms with Crippen molar-refractivity contribution in [3.05, 3.63) is 28.9 Å². The van der Waals surface area contributed by atoms with Gasteiger partial charge < -0.3 is 9.47 Å². The van der Waals surface area contributed by atoms with Crippen LogP contribution in [0.25, 0.3) is 10.4 Å². The first-order valence-electron chi connectivity index (χ1n) is 5.65. The average Bonchev–Trinajstić information content (AvgIpc) is 2.95. The number of aldehydes is 1. The van der Waals surface area contributed by atoms with E-state index in [1.165, 1.54) is 26.4 Å². The Labute approximate surface area is 122 Å². The standard InChI is InChI=1S/C13H10F3NO3S/c1-19-9-3-7(6-18)8(4-10(9)20-2)11-5-17-12(21-11)13(14,15)16/h3-6H,1-2H3. The first kappa shape index (κ1) is 15.3. The Morgan fingerprint density at radius 1 is 1.19 bits per heavy atom. The number of nitrogens with zero attached hydrogens (tertiary/aromatic N) is 1. The lowest BCUT2D eigenvalue weighted by molar-refractivity contribution is -0.137. The van der Waals surface area contributed by atoms with Gasteiger partial charge in [0.2, 0.25) is 0 Å². The molecule has 0 atom stereocenters. The van der Waals surface area contributed by atoms with Gasteiger partial charge in [-0.05, 0) is 12.1 Å². The van der Waals surface area contributed by atoms with Gasteiger partial charge in [-0.15, -0.1) is 11.3 Å². The Bertz CT molecular complexity index is 667. The van der Waals surface area contributed by atoms with Crippen molar-refractivity contribution in [2.75, 3.05) is 14.2 Å². The van der Waals surface area contributed by atoms with Crippen LogP contribution in [-0.2, 0) is 6.18 Å². The maximum Gasteiger partial charge on any atom is 0.443 e. The summed E-state index contributed by atoms with van der Waals surface area (Å²) in [5.41, 5.74) is 0.515. The summed E-state index contributed by atoms with van der Waals surface area (Å²) in [4.78, 5) is 14.7. The highest BCUT2D eigenvalue weighted by Crippen LogP contribution is 2.40. The van der Waals surface area contributed by atoms with E-state index in [4.69, 9.17) is 9.47 Å². The predicted octanol–water partition coefficient (Wildman–Crippen LogP) is 3.66. The van der Waals surface area contributed by atoms with Gasteiger partial charge in [-0.3, -0.25) is 4.79 Å². The molecule has 0 unspecified atom stereocenters. The van der Waals surface area contributed by atoms with E-state index in [9.17, 15) is 18.0 Å². The molecule has 1 aromatic carbocycles. The molecule has 0 aliphatic heterocycles. The molecular weight excluding hydrogens is 307 g/mol. The van der Waals surface area contributed by atoms with Crippen LogP contribution in [0.2, 0.25) is 0 Å². The zero-order chi connectivity index (χ0) is 15.6.